The second-order valence-corrected chi connectivity index (χ2v) is 6.11. The molecule has 27 heavy (non-hydrogen) atoms. The smallest absolute Gasteiger partial charge is 0.243 e. The lowest BCUT2D eigenvalue weighted by Gasteiger charge is -2.23. The number of nitrogens with zero attached hydrogens (tertiary/aromatic N) is 5. The molecule has 1 atom stereocenters. The van der Waals surface area contributed by atoms with Gasteiger partial charge in [-0.2, -0.15) is 0 Å². The molecule has 0 aromatic carbocycles. The number of carbonyl (C=O) groups is 3. The fourth-order valence-electron chi connectivity index (χ4n) is 2.76. The predicted octanol–water partition coefficient (Wildman–Crippen LogP) is -1.68. The topological polar surface area (TPSA) is 176 Å². The molecule has 1 amide bonds. The Labute approximate surface area is 155 Å². The first kappa shape index (κ1) is 20.4. The summed E-state index contributed by atoms with van der Waals surface area (Å²) in [7, 11) is 0. The highest BCUT2D eigenvalue weighted by Gasteiger charge is 2.26. The summed E-state index contributed by atoms with van der Waals surface area (Å²) < 4.78 is 1.52. The van der Waals surface area contributed by atoms with Crippen molar-refractivity contribution in [3.05, 3.63) is 12.7 Å². The van der Waals surface area contributed by atoms with E-state index < -0.39 is 5.92 Å². The zero-order chi connectivity index (χ0) is 20.0. The molecular formula is C16H24N8O3. The molecule has 146 valence electrons. The maximum atomic E-state index is 12.7. The molecule has 0 spiro atoms. The van der Waals surface area contributed by atoms with Gasteiger partial charge >= 0.3 is 0 Å². The van der Waals surface area contributed by atoms with Gasteiger partial charge < -0.3 is 26.7 Å². The molecule has 0 bridgehead atoms. The van der Waals surface area contributed by atoms with Gasteiger partial charge in [-0.3, -0.25) is 14.4 Å². The third-order valence-corrected chi connectivity index (χ3v) is 4.17. The Bertz CT molecular complexity index is 834. The largest absolute Gasteiger partial charge is 0.382 e. The monoisotopic (exact) mass is 376 g/mol. The number of fused-ring (bicyclic) bond motifs is 1. The van der Waals surface area contributed by atoms with Crippen LogP contribution in [0.25, 0.3) is 11.2 Å². The van der Waals surface area contributed by atoms with Gasteiger partial charge in [0, 0.05) is 13.1 Å². The van der Waals surface area contributed by atoms with Gasteiger partial charge in [0.25, 0.3) is 0 Å². The average Bonchev–Trinajstić information content (AvgIpc) is 3.03. The summed E-state index contributed by atoms with van der Waals surface area (Å²) in [6.07, 6.45) is 2.97. The number of nitrogens with two attached hydrogens (primary N) is 3. The number of anilines is 1. The molecule has 11 heteroatoms. The maximum absolute atomic E-state index is 12.7. The molecule has 2 rings (SSSR count). The first-order valence-electron chi connectivity index (χ1n) is 8.51. The van der Waals surface area contributed by atoms with E-state index >= 15 is 0 Å². The van der Waals surface area contributed by atoms with E-state index in [-0.39, 0.29) is 62.4 Å². The summed E-state index contributed by atoms with van der Waals surface area (Å²) in [6, 6.07) is 0. The molecule has 0 saturated heterocycles. The van der Waals surface area contributed by atoms with Crippen molar-refractivity contribution in [1.29, 1.82) is 0 Å². The number of amides is 1. The summed E-state index contributed by atoms with van der Waals surface area (Å²) in [6.45, 7) is 1.62. The second-order valence-electron chi connectivity index (χ2n) is 6.11. The maximum Gasteiger partial charge on any atom is 0.243 e. The van der Waals surface area contributed by atoms with Crippen molar-refractivity contribution in [1.82, 2.24) is 24.4 Å². The average molecular weight is 376 g/mol. The summed E-state index contributed by atoms with van der Waals surface area (Å²) in [5.74, 6) is -1.56. The molecule has 0 aliphatic carbocycles. The van der Waals surface area contributed by atoms with Crippen LogP contribution < -0.4 is 17.2 Å². The summed E-state index contributed by atoms with van der Waals surface area (Å²) in [5, 5.41) is 0. The van der Waals surface area contributed by atoms with Gasteiger partial charge in [0.15, 0.2) is 17.2 Å². The van der Waals surface area contributed by atoms with Crippen LogP contribution in [-0.2, 0) is 20.9 Å². The number of imidazole rings is 1. The summed E-state index contributed by atoms with van der Waals surface area (Å²) in [5.41, 5.74) is 17.6. The number of nitrogen functional groups attached to an aromatic ring is 1. The number of rotatable bonds is 10. The van der Waals surface area contributed by atoms with Crippen molar-refractivity contribution in [3.8, 4) is 0 Å². The second kappa shape index (κ2) is 9.14. The van der Waals surface area contributed by atoms with Gasteiger partial charge in [-0.15, -0.1) is 0 Å². The van der Waals surface area contributed by atoms with Crippen molar-refractivity contribution in [2.24, 2.45) is 17.4 Å². The molecule has 2 aromatic rings. The van der Waals surface area contributed by atoms with E-state index in [0.29, 0.717) is 11.2 Å². The Morgan fingerprint density at radius 3 is 2.56 bits per heavy atom. The number of carbonyl (C=O) groups excluding carboxylic acids is 3. The molecule has 0 saturated carbocycles. The van der Waals surface area contributed by atoms with Gasteiger partial charge in [-0.1, -0.05) is 0 Å². The Kier molecular flexibility index (Phi) is 6.91. The van der Waals surface area contributed by atoms with Gasteiger partial charge in [0.2, 0.25) is 5.91 Å². The molecule has 11 nitrogen and oxygen atoms in total. The van der Waals surface area contributed by atoms with Crippen LogP contribution in [0.2, 0.25) is 0 Å². The van der Waals surface area contributed by atoms with Crippen molar-refractivity contribution >= 4 is 34.5 Å². The van der Waals surface area contributed by atoms with Crippen LogP contribution in [0, 0.1) is 5.92 Å². The molecule has 0 aliphatic heterocycles. The molecule has 1 unspecified atom stereocenters. The van der Waals surface area contributed by atoms with Crippen LogP contribution in [0.3, 0.4) is 0 Å². The normalized spacial score (nSPS) is 12.1. The lowest BCUT2D eigenvalue weighted by atomic mass is 9.95. The van der Waals surface area contributed by atoms with Crippen molar-refractivity contribution in [2.75, 3.05) is 31.9 Å². The molecule has 0 radical (unpaired) electrons. The van der Waals surface area contributed by atoms with Gasteiger partial charge in [-0.05, 0) is 19.9 Å². The third-order valence-electron chi connectivity index (χ3n) is 4.17. The Morgan fingerprint density at radius 2 is 1.93 bits per heavy atom. The summed E-state index contributed by atoms with van der Waals surface area (Å²) >= 11 is 0. The first-order chi connectivity index (χ1) is 12.9. The number of ketones is 2. The van der Waals surface area contributed by atoms with Crippen LogP contribution >= 0.6 is 0 Å². The zero-order valence-electron chi connectivity index (χ0n) is 15.2. The molecular weight excluding hydrogens is 352 g/mol. The standard InChI is InChI=1S/C16H24N8O3/c1-10(25)11(2-3-17)12(26)6-23(5-4-18)13(27)7-24-9-22-14-15(19)20-8-21-16(14)24/h8-9,11H,2-7,17-18H2,1H3,(H2,19,20,21). The van der Waals surface area contributed by atoms with Crippen LogP contribution in [0.1, 0.15) is 13.3 Å². The predicted molar refractivity (Wildman–Crippen MR) is 98.2 cm³/mol. The fourth-order valence-corrected chi connectivity index (χ4v) is 2.76. The van der Waals surface area contributed by atoms with E-state index in [1.807, 2.05) is 0 Å². The quantitative estimate of drug-likeness (QED) is 0.409. The van der Waals surface area contributed by atoms with E-state index in [1.165, 1.54) is 29.0 Å². The van der Waals surface area contributed by atoms with E-state index in [2.05, 4.69) is 15.0 Å². The zero-order valence-corrected chi connectivity index (χ0v) is 15.2. The Balaban J connectivity index is 2.15. The Hall–Kier alpha value is -2.92. The molecule has 0 fully saturated rings. The van der Waals surface area contributed by atoms with E-state index in [0.717, 1.165) is 0 Å². The number of aromatic nitrogens is 4. The fraction of sp³-hybridized carbons (Fsp3) is 0.500. The van der Waals surface area contributed by atoms with Gasteiger partial charge in [0.05, 0.1) is 18.8 Å². The number of hydrogen-bond donors (Lipinski definition) is 3. The molecule has 2 heterocycles. The molecule has 6 N–H and O–H groups in total. The highest BCUT2D eigenvalue weighted by Crippen LogP contribution is 2.14. The molecule has 2 aromatic heterocycles. The SMILES string of the molecule is CC(=O)C(CCN)C(=O)CN(CCN)C(=O)Cn1cnc2c(N)ncnc21. The van der Waals surface area contributed by atoms with Gasteiger partial charge in [-0.25, -0.2) is 15.0 Å². The first-order valence-corrected chi connectivity index (χ1v) is 8.51. The van der Waals surface area contributed by atoms with Crippen molar-refractivity contribution in [3.63, 3.8) is 0 Å². The van der Waals surface area contributed by atoms with E-state index in [4.69, 9.17) is 17.2 Å². The van der Waals surface area contributed by atoms with Crippen LogP contribution in [0.4, 0.5) is 5.82 Å². The van der Waals surface area contributed by atoms with Crippen LogP contribution in [0.5, 0.6) is 0 Å². The van der Waals surface area contributed by atoms with Crippen LogP contribution in [-0.4, -0.2) is 68.1 Å². The minimum absolute atomic E-state index is 0.0954. The number of Topliss-reactive ketones (excluding diaryl/α,β-unsaturated/α-hetero) is 2. The number of hydrogen-bond acceptors (Lipinski definition) is 9. The van der Waals surface area contributed by atoms with Gasteiger partial charge in [0.1, 0.15) is 24.2 Å². The lowest BCUT2D eigenvalue weighted by molar-refractivity contribution is -0.139. The lowest BCUT2D eigenvalue weighted by Crippen LogP contribution is -2.43. The highest BCUT2D eigenvalue weighted by atomic mass is 16.2. The molecule has 0 aliphatic rings. The summed E-state index contributed by atoms with van der Waals surface area (Å²) in [4.78, 5) is 50.2. The third kappa shape index (κ3) is 4.83. The van der Waals surface area contributed by atoms with Crippen molar-refractivity contribution < 1.29 is 14.4 Å². The highest BCUT2D eigenvalue weighted by molar-refractivity contribution is 6.03. The van der Waals surface area contributed by atoms with E-state index in [9.17, 15) is 14.4 Å². The minimum Gasteiger partial charge on any atom is -0.382 e. The Morgan fingerprint density at radius 1 is 1.19 bits per heavy atom. The van der Waals surface area contributed by atoms with Crippen molar-refractivity contribution in [2.45, 2.75) is 19.9 Å². The minimum atomic E-state index is -0.815. The van der Waals surface area contributed by atoms with Crippen LogP contribution in [0.15, 0.2) is 12.7 Å². The van der Waals surface area contributed by atoms with E-state index in [1.54, 1.807) is 0 Å².